The molecule has 0 spiro atoms. The van der Waals surface area contributed by atoms with Crippen LogP contribution in [0.2, 0.25) is 0 Å². The molecule has 1 rings (SSSR count). The van der Waals surface area contributed by atoms with E-state index < -0.39 is 0 Å². The molecule has 1 aliphatic carbocycles. The first kappa shape index (κ1) is 5.61. The third-order valence-electron chi connectivity index (χ3n) is 1.82. The number of rotatable bonds is 1. The van der Waals surface area contributed by atoms with Crippen molar-refractivity contribution in [2.24, 2.45) is 5.92 Å². The maximum absolute atomic E-state index is 3.94. The molecule has 44 valence electrons. The molecule has 1 atom stereocenters. The van der Waals surface area contributed by atoms with Crippen molar-refractivity contribution in [3.63, 3.8) is 0 Å². The molecule has 0 amide bonds. The third kappa shape index (κ3) is 0.835. The Balaban J connectivity index is 2.54. The fourth-order valence-corrected chi connectivity index (χ4v) is 1.22. The van der Waals surface area contributed by atoms with Gasteiger partial charge in [0.25, 0.3) is 0 Å². The van der Waals surface area contributed by atoms with Crippen LogP contribution in [0, 0.1) is 5.92 Å². The summed E-state index contributed by atoms with van der Waals surface area (Å²) in [5.41, 5.74) is 1.38. The lowest BCUT2D eigenvalue weighted by Gasteiger charge is -2.00. The van der Waals surface area contributed by atoms with E-state index >= 15 is 0 Å². The van der Waals surface area contributed by atoms with E-state index in [-0.39, 0.29) is 0 Å². The van der Waals surface area contributed by atoms with E-state index in [4.69, 9.17) is 0 Å². The van der Waals surface area contributed by atoms with Gasteiger partial charge >= 0.3 is 0 Å². The van der Waals surface area contributed by atoms with Gasteiger partial charge in [-0.15, -0.1) is 6.58 Å². The second-order valence-electron chi connectivity index (χ2n) is 2.39. The number of allylic oxidation sites excluding steroid dienone is 2. The van der Waals surface area contributed by atoms with Crippen LogP contribution in [0.3, 0.4) is 0 Å². The predicted octanol–water partition coefficient (Wildman–Crippen LogP) is 2.53. The van der Waals surface area contributed by atoms with Gasteiger partial charge in [0.05, 0.1) is 0 Å². The van der Waals surface area contributed by atoms with E-state index in [0.29, 0.717) is 5.92 Å². The van der Waals surface area contributed by atoms with Crippen LogP contribution in [0.15, 0.2) is 24.8 Å². The summed E-state index contributed by atoms with van der Waals surface area (Å²) in [4.78, 5) is 0. The molecule has 0 saturated heterocycles. The van der Waals surface area contributed by atoms with Crippen molar-refractivity contribution in [3.05, 3.63) is 24.8 Å². The molecule has 0 nitrogen and oxygen atoms in total. The molecular formula is C8H12. The topological polar surface area (TPSA) is 0 Å². The zero-order chi connectivity index (χ0) is 5.98. The Kier molecular flexibility index (Phi) is 1.52. The fourth-order valence-electron chi connectivity index (χ4n) is 1.22. The summed E-state index contributed by atoms with van der Waals surface area (Å²) in [7, 11) is 0. The Morgan fingerprint density at radius 3 is 2.62 bits per heavy atom. The molecule has 8 heavy (non-hydrogen) atoms. The van der Waals surface area contributed by atoms with Gasteiger partial charge in [-0.2, -0.15) is 0 Å². The predicted molar refractivity (Wildman–Crippen MR) is 36.7 cm³/mol. The van der Waals surface area contributed by atoms with Crippen molar-refractivity contribution in [1.82, 2.24) is 0 Å². The summed E-state index contributed by atoms with van der Waals surface area (Å²) >= 11 is 0. The van der Waals surface area contributed by atoms with Gasteiger partial charge in [0, 0.05) is 0 Å². The highest BCUT2D eigenvalue weighted by atomic mass is 14.2. The first-order valence-electron chi connectivity index (χ1n) is 3.15. The van der Waals surface area contributed by atoms with Crippen LogP contribution < -0.4 is 0 Å². The van der Waals surface area contributed by atoms with Gasteiger partial charge in [0.2, 0.25) is 0 Å². The van der Waals surface area contributed by atoms with E-state index in [1.165, 1.54) is 24.8 Å². The molecule has 0 N–H and O–H groups in total. The zero-order valence-corrected chi connectivity index (χ0v) is 5.19. The van der Waals surface area contributed by atoms with Crippen molar-refractivity contribution < 1.29 is 0 Å². The Morgan fingerprint density at radius 2 is 2.38 bits per heavy atom. The molecule has 1 unspecified atom stereocenters. The standard InChI is InChI=1S/C8H12/c1-3-8-6-4-5-7(8)2/h3,8H,1-2,4-6H2. The van der Waals surface area contributed by atoms with Crippen LogP contribution in [0.4, 0.5) is 0 Å². The van der Waals surface area contributed by atoms with Crippen molar-refractivity contribution >= 4 is 0 Å². The molecule has 0 aromatic rings. The Hall–Kier alpha value is -0.520. The second-order valence-corrected chi connectivity index (χ2v) is 2.39. The van der Waals surface area contributed by atoms with E-state index in [9.17, 15) is 0 Å². The maximum atomic E-state index is 3.94. The van der Waals surface area contributed by atoms with Crippen LogP contribution in [0.1, 0.15) is 19.3 Å². The average Bonchev–Trinajstić information content (AvgIpc) is 2.14. The molecule has 1 saturated carbocycles. The number of hydrogen-bond acceptors (Lipinski definition) is 0. The molecule has 0 aromatic heterocycles. The Labute approximate surface area is 50.9 Å². The molecule has 1 aliphatic rings. The molecule has 0 bridgehead atoms. The van der Waals surface area contributed by atoms with Gasteiger partial charge in [-0.05, 0) is 25.2 Å². The molecule has 1 fully saturated rings. The van der Waals surface area contributed by atoms with Gasteiger partial charge in [-0.25, -0.2) is 0 Å². The summed E-state index contributed by atoms with van der Waals surface area (Å²) in [5, 5.41) is 0. The van der Waals surface area contributed by atoms with Gasteiger partial charge in [0.15, 0.2) is 0 Å². The first-order chi connectivity index (χ1) is 3.84. The average molecular weight is 108 g/mol. The first-order valence-corrected chi connectivity index (χ1v) is 3.15. The minimum atomic E-state index is 0.634. The molecular weight excluding hydrogens is 96.1 g/mol. The molecule has 0 radical (unpaired) electrons. The van der Waals surface area contributed by atoms with E-state index in [1.807, 2.05) is 6.08 Å². The Bertz CT molecular complexity index is 111. The van der Waals surface area contributed by atoms with Gasteiger partial charge in [-0.3, -0.25) is 0 Å². The lowest BCUT2D eigenvalue weighted by Crippen LogP contribution is -1.86. The Morgan fingerprint density at radius 1 is 1.62 bits per heavy atom. The quantitative estimate of drug-likeness (QED) is 0.453. The van der Waals surface area contributed by atoms with Crippen molar-refractivity contribution in [1.29, 1.82) is 0 Å². The minimum Gasteiger partial charge on any atom is -0.102 e. The van der Waals surface area contributed by atoms with E-state index in [2.05, 4.69) is 13.2 Å². The zero-order valence-electron chi connectivity index (χ0n) is 5.19. The summed E-state index contributed by atoms with van der Waals surface area (Å²) in [6.07, 6.45) is 5.82. The molecule has 0 aliphatic heterocycles. The summed E-state index contributed by atoms with van der Waals surface area (Å²) in [6.45, 7) is 7.67. The van der Waals surface area contributed by atoms with Gasteiger partial charge in [-0.1, -0.05) is 18.2 Å². The summed E-state index contributed by atoms with van der Waals surface area (Å²) < 4.78 is 0. The van der Waals surface area contributed by atoms with Crippen molar-refractivity contribution in [3.8, 4) is 0 Å². The molecule has 0 heterocycles. The second kappa shape index (κ2) is 2.17. The largest absolute Gasteiger partial charge is 0.102 e. The fraction of sp³-hybridized carbons (Fsp3) is 0.500. The van der Waals surface area contributed by atoms with Crippen LogP contribution in [0.5, 0.6) is 0 Å². The van der Waals surface area contributed by atoms with Gasteiger partial charge < -0.3 is 0 Å². The van der Waals surface area contributed by atoms with Gasteiger partial charge in [0.1, 0.15) is 0 Å². The highest BCUT2D eigenvalue weighted by Gasteiger charge is 2.14. The lowest BCUT2D eigenvalue weighted by atomic mass is 10.1. The highest BCUT2D eigenvalue weighted by Crippen LogP contribution is 2.29. The van der Waals surface area contributed by atoms with Crippen LogP contribution in [0.25, 0.3) is 0 Å². The van der Waals surface area contributed by atoms with Crippen molar-refractivity contribution in [2.45, 2.75) is 19.3 Å². The third-order valence-corrected chi connectivity index (χ3v) is 1.82. The normalized spacial score (nSPS) is 28.5. The summed E-state index contributed by atoms with van der Waals surface area (Å²) in [5.74, 6) is 0.634. The monoisotopic (exact) mass is 108 g/mol. The maximum Gasteiger partial charge on any atom is -0.00285 e. The van der Waals surface area contributed by atoms with Crippen LogP contribution in [-0.4, -0.2) is 0 Å². The van der Waals surface area contributed by atoms with Crippen molar-refractivity contribution in [2.75, 3.05) is 0 Å². The molecule has 0 aromatic carbocycles. The smallest absolute Gasteiger partial charge is 0.00285 e. The molecule has 0 heteroatoms. The lowest BCUT2D eigenvalue weighted by molar-refractivity contribution is 0.768. The van der Waals surface area contributed by atoms with E-state index in [1.54, 1.807) is 0 Å². The van der Waals surface area contributed by atoms with Crippen LogP contribution in [-0.2, 0) is 0 Å². The SMILES string of the molecule is C=CC1CCCC1=C. The summed E-state index contributed by atoms with van der Waals surface area (Å²) in [6, 6.07) is 0. The minimum absolute atomic E-state index is 0.634. The highest BCUT2D eigenvalue weighted by molar-refractivity contribution is 5.11. The van der Waals surface area contributed by atoms with Crippen LogP contribution >= 0.6 is 0 Å². The number of hydrogen-bond donors (Lipinski definition) is 0. The van der Waals surface area contributed by atoms with E-state index in [0.717, 1.165) is 0 Å².